The lowest BCUT2D eigenvalue weighted by molar-refractivity contribution is -0.144. The third-order valence-corrected chi connectivity index (χ3v) is 6.42. The molecule has 1 heterocycles. The Morgan fingerprint density at radius 3 is 2.52 bits per heavy atom. The van der Waals surface area contributed by atoms with Gasteiger partial charge in [0.05, 0.1) is 6.20 Å². The second-order valence-corrected chi connectivity index (χ2v) is 8.52. The molecule has 8 heteroatoms. The fourth-order valence-electron chi connectivity index (χ4n) is 4.54. The number of hydrogen-bond donors (Lipinski definition) is 3. The Labute approximate surface area is 169 Å². The van der Waals surface area contributed by atoms with E-state index in [1.54, 1.807) is 5.48 Å². The molecule has 2 aliphatic carbocycles. The molecule has 3 N–H and O–H groups in total. The minimum atomic E-state index is -1.22. The third-order valence-electron chi connectivity index (χ3n) is 6.42. The van der Waals surface area contributed by atoms with E-state index in [1.807, 2.05) is 6.92 Å². The molecule has 3 rings (SSSR count). The van der Waals surface area contributed by atoms with Crippen molar-refractivity contribution in [3.63, 3.8) is 0 Å². The van der Waals surface area contributed by atoms with Crippen LogP contribution in [-0.4, -0.2) is 27.8 Å². The number of halogens is 1. The minimum Gasteiger partial charge on any atom is -0.310 e. The number of aromatic nitrogens is 1. The van der Waals surface area contributed by atoms with Gasteiger partial charge >= 0.3 is 0 Å². The number of Topliss-reactive ketones (excluding diaryl/α,β-unsaturated/α-hetero) is 1. The number of anilines is 1. The van der Waals surface area contributed by atoms with Crippen molar-refractivity contribution >= 4 is 23.4 Å². The van der Waals surface area contributed by atoms with E-state index in [9.17, 15) is 18.8 Å². The smallest absolute Gasteiger partial charge is 0.244 e. The SMILES string of the molecule is CCCCC(CC(=O)NO)C(=O)C1(C(=O)Nc2ccc(F)cn2)CCC2(CC2)C1. The zero-order valence-electron chi connectivity index (χ0n) is 16.7. The van der Waals surface area contributed by atoms with Gasteiger partial charge in [-0.15, -0.1) is 0 Å². The van der Waals surface area contributed by atoms with Crippen molar-refractivity contribution in [3.05, 3.63) is 24.1 Å². The molecule has 0 radical (unpaired) electrons. The van der Waals surface area contributed by atoms with Gasteiger partial charge in [-0.25, -0.2) is 14.9 Å². The number of pyridine rings is 1. The zero-order chi connectivity index (χ0) is 21.1. The lowest BCUT2D eigenvalue weighted by Gasteiger charge is -2.30. The molecule has 1 aromatic heterocycles. The Morgan fingerprint density at radius 2 is 1.97 bits per heavy atom. The number of ketones is 1. The van der Waals surface area contributed by atoms with Gasteiger partial charge in [-0.1, -0.05) is 19.8 Å². The van der Waals surface area contributed by atoms with Crippen molar-refractivity contribution in [1.82, 2.24) is 10.5 Å². The largest absolute Gasteiger partial charge is 0.310 e. The Kier molecular flexibility index (Phi) is 6.31. The second kappa shape index (κ2) is 8.57. The summed E-state index contributed by atoms with van der Waals surface area (Å²) < 4.78 is 13.1. The molecule has 158 valence electrons. The molecule has 1 spiro atoms. The summed E-state index contributed by atoms with van der Waals surface area (Å²) in [5.41, 5.74) is 0.414. The van der Waals surface area contributed by atoms with Crippen LogP contribution in [0, 0.1) is 22.6 Å². The van der Waals surface area contributed by atoms with Gasteiger partial charge < -0.3 is 5.32 Å². The Hall–Kier alpha value is -2.35. The zero-order valence-corrected chi connectivity index (χ0v) is 16.7. The van der Waals surface area contributed by atoms with Crippen LogP contribution in [0.15, 0.2) is 18.3 Å². The number of nitrogens with zero attached hydrogens (tertiary/aromatic N) is 1. The first-order valence-electron chi connectivity index (χ1n) is 10.2. The molecule has 2 saturated carbocycles. The number of carbonyl (C=O) groups excluding carboxylic acids is 3. The van der Waals surface area contributed by atoms with E-state index in [4.69, 9.17) is 5.21 Å². The predicted molar refractivity (Wildman–Crippen MR) is 103 cm³/mol. The van der Waals surface area contributed by atoms with Crippen LogP contribution in [-0.2, 0) is 14.4 Å². The molecule has 0 aliphatic heterocycles. The molecule has 2 amide bonds. The molecule has 2 fully saturated rings. The van der Waals surface area contributed by atoms with E-state index < -0.39 is 29.0 Å². The third kappa shape index (κ3) is 4.63. The van der Waals surface area contributed by atoms with E-state index in [0.29, 0.717) is 19.3 Å². The van der Waals surface area contributed by atoms with E-state index >= 15 is 0 Å². The van der Waals surface area contributed by atoms with Gasteiger partial charge in [-0.2, -0.15) is 0 Å². The molecule has 0 saturated heterocycles. The first-order valence-corrected chi connectivity index (χ1v) is 10.2. The highest BCUT2D eigenvalue weighted by atomic mass is 19.1. The van der Waals surface area contributed by atoms with Crippen LogP contribution < -0.4 is 10.8 Å². The number of nitrogens with one attached hydrogen (secondary N) is 2. The fourth-order valence-corrected chi connectivity index (χ4v) is 4.54. The Balaban J connectivity index is 1.86. The van der Waals surface area contributed by atoms with Crippen LogP contribution in [0.25, 0.3) is 0 Å². The van der Waals surface area contributed by atoms with Crippen LogP contribution >= 0.6 is 0 Å². The van der Waals surface area contributed by atoms with Gasteiger partial charge in [0.15, 0.2) is 5.78 Å². The van der Waals surface area contributed by atoms with Gasteiger partial charge in [-0.05, 0) is 56.1 Å². The molecule has 29 heavy (non-hydrogen) atoms. The quantitative estimate of drug-likeness (QED) is 0.332. The summed E-state index contributed by atoms with van der Waals surface area (Å²) >= 11 is 0. The van der Waals surface area contributed by atoms with Gasteiger partial charge in [0.2, 0.25) is 11.8 Å². The summed E-state index contributed by atoms with van der Waals surface area (Å²) in [7, 11) is 0. The molecule has 2 unspecified atom stereocenters. The summed E-state index contributed by atoms with van der Waals surface area (Å²) in [5, 5.41) is 11.6. The fraction of sp³-hybridized carbons (Fsp3) is 0.619. The van der Waals surface area contributed by atoms with Crippen LogP contribution in [0.4, 0.5) is 10.2 Å². The van der Waals surface area contributed by atoms with E-state index in [0.717, 1.165) is 38.3 Å². The molecular formula is C21H28FN3O4. The lowest BCUT2D eigenvalue weighted by Crippen LogP contribution is -2.45. The van der Waals surface area contributed by atoms with Gasteiger partial charge in [-0.3, -0.25) is 19.6 Å². The van der Waals surface area contributed by atoms with Crippen LogP contribution in [0.5, 0.6) is 0 Å². The average molecular weight is 405 g/mol. The van der Waals surface area contributed by atoms with Gasteiger partial charge in [0.1, 0.15) is 17.1 Å². The summed E-state index contributed by atoms with van der Waals surface area (Å²) in [6.07, 6.45) is 6.65. The van der Waals surface area contributed by atoms with Crippen LogP contribution in [0.3, 0.4) is 0 Å². The van der Waals surface area contributed by atoms with Crippen molar-refractivity contribution in [2.45, 2.75) is 64.7 Å². The van der Waals surface area contributed by atoms with Crippen molar-refractivity contribution in [3.8, 4) is 0 Å². The van der Waals surface area contributed by atoms with Crippen LogP contribution in [0.1, 0.15) is 64.7 Å². The molecule has 7 nitrogen and oxygen atoms in total. The highest BCUT2D eigenvalue weighted by Gasteiger charge is 2.61. The molecule has 0 bridgehead atoms. The first-order chi connectivity index (χ1) is 13.8. The molecular weight excluding hydrogens is 377 g/mol. The monoisotopic (exact) mass is 405 g/mol. The molecule has 1 aromatic rings. The van der Waals surface area contributed by atoms with E-state index in [1.165, 1.54) is 12.1 Å². The Bertz CT molecular complexity index is 779. The standard InChI is InChI=1S/C21H28FN3O4/c1-2-3-4-14(11-17(26)25-29)18(27)21(10-9-20(13-21)7-8-20)19(28)24-16-6-5-15(22)12-23-16/h5-6,12,14,29H,2-4,7-11,13H2,1H3,(H,25,26)(H,23,24,28). The number of unbranched alkanes of at least 4 members (excludes halogenated alkanes) is 1. The molecule has 0 aromatic carbocycles. The summed E-state index contributed by atoms with van der Waals surface area (Å²) in [6, 6.07) is 2.56. The highest BCUT2D eigenvalue weighted by Crippen LogP contribution is 2.64. The summed E-state index contributed by atoms with van der Waals surface area (Å²) in [4.78, 5) is 42.6. The maximum atomic E-state index is 13.6. The number of rotatable bonds is 9. The van der Waals surface area contributed by atoms with Gasteiger partial charge in [0, 0.05) is 12.3 Å². The number of hydrogen-bond acceptors (Lipinski definition) is 5. The second-order valence-electron chi connectivity index (χ2n) is 8.52. The maximum Gasteiger partial charge on any atom is 0.244 e. The summed E-state index contributed by atoms with van der Waals surface area (Å²) in [6.45, 7) is 1.99. The van der Waals surface area contributed by atoms with Crippen molar-refractivity contribution in [1.29, 1.82) is 0 Å². The number of amides is 2. The number of hydroxylamine groups is 1. The van der Waals surface area contributed by atoms with Gasteiger partial charge in [0.25, 0.3) is 0 Å². The minimum absolute atomic E-state index is 0.0395. The average Bonchev–Trinajstić information content (AvgIpc) is 3.36. The molecule has 2 aliphatic rings. The van der Waals surface area contributed by atoms with E-state index in [2.05, 4.69) is 10.3 Å². The maximum absolute atomic E-state index is 13.6. The first kappa shape index (κ1) is 21.4. The number of carbonyl (C=O) groups is 3. The van der Waals surface area contributed by atoms with Crippen molar-refractivity contribution < 1.29 is 24.0 Å². The summed E-state index contributed by atoms with van der Waals surface area (Å²) in [5.74, 6) is -2.26. The highest BCUT2D eigenvalue weighted by molar-refractivity contribution is 6.12. The lowest BCUT2D eigenvalue weighted by atomic mass is 9.72. The van der Waals surface area contributed by atoms with Crippen molar-refractivity contribution in [2.75, 3.05) is 5.32 Å². The van der Waals surface area contributed by atoms with E-state index in [-0.39, 0.29) is 23.4 Å². The van der Waals surface area contributed by atoms with Crippen molar-refractivity contribution in [2.24, 2.45) is 16.7 Å². The topological polar surface area (TPSA) is 108 Å². The normalized spacial score (nSPS) is 22.9. The predicted octanol–water partition coefficient (Wildman–Crippen LogP) is 3.38. The Morgan fingerprint density at radius 1 is 1.24 bits per heavy atom. The molecule has 2 atom stereocenters. The van der Waals surface area contributed by atoms with Crippen LogP contribution in [0.2, 0.25) is 0 Å².